The number of rotatable bonds is 3. The van der Waals surface area contributed by atoms with Crippen molar-refractivity contribution in [2.24, 2.45) is 0 Å². The zero-order chi connectivity index (χ0) is 13.2. The molecule has 2 heterocycles. The van der Waals surface area contributed by atoms with E-state index in [-0.39, 0.29) is 5.82 Å². The number of halogens is 1. The second kappa shape index (κ2) is 4.68. The summed E-state index contributed by atoms with van der Waals surface area (Å²) in [5, 5.41) is 4.06. The van der Waals surface area contributed by atoms with E-state index in [1.54, 1.807) is 12.1 Å². The van der Waals surface area contributed by atoms with Crippen molar-refractivity contribution in [3.8, 4) is 0 Å². The first kappa shape index (κ1) is 11.6. The highest BCUT2D eigenvalue weighted by Crippen LogP contribution is 2.20. The molecule has 0 saturated heterocycles. The molecule has 4 nitrogen and oxygen atoms in total. The van der Waals surface area contributed by atoms with E-state index in [0.29, 0.717) is 17.9 Å². The van der Waals surface area contributed by atoms with Crippen LogP contribution in [0.4, 0.5) is 10.2 Å². The van der Waals surface area contributed by atoms with Gasteiger partial charge in [-0.05, 0) is 19.1 Å². The maximum atomic E-state index is 13.5. The predicted octanol–water partition coefficient (Wildman–Crippen LogP) is 3.02. The molecule has 0 unspecified atom stereocenters. The third-order valence-electron chi connectivity index (χ3n) is 2.96. The first-order valence-corrected chi connectivity index (χ1v) is 6.01. The molecule has 0 radical (unpaired) electrons. The molecule has 2 N–H and O–H groups in total. The van der Waals surface area contributed by atoms with Gasteiger partial charge in [0.2, 0.25) is 0 Å². The summed E-state index contributed by atoms with van der Waals surface area (Å²) in [5.41, 5.74) is 2.41. The first-order valence-electron chi connectivity index (χ1n) is 6.01. The van der Waals surface area contributed by atoms with Crippen molar-refractivity contribution in [1.82, 2.24) is 15.0 Å². The molecule has 3 rings (SSSR count). The number of hydrogen-bond acceptors (Lipinski definition) is 3. The predicted molar refractivity (Wildman–Crippen MR) is 72.4 cm³/mol. The van der Waals surface area contributed by atoms with E-state index in [1.807, 2.05) is 19.1 Å². The number of H-pyrrole nitrogens is 1. The van der Waals surface area contributed by atoms with E-state index < -0.39 is 0 Å². The molecule has 3 aromatic rings. The van der Waals surface area contributed by atoms with Crippen LogP contribution in [0.25, 0.3) is 11.0 Å². The monoisotopic (exact) mass is 256 g/mol. The van der Waals surface area contributed by atoms with Crippen LogP contribution in [0.5, 0.6) is 0 Å². The van der Waals surface area contributed by atoms with Crippen LogP contribution in [0, 0.1) is 12.7 Å². The summed E-state index contributed by atoms with van der Waals surface area (Å²) >= 11 is 0. The van der Waals surface area contributed by atoms with Crippen LogP contribution in [-0.2, 0) is 6.54 Å². The highest BCUT2D eigenvalue weighted by Gasteiger charge is 2.07. The molecule has 0 aliphatic rings. The minimum Gasteiger partial charge on any atom is -0.365 e. The molecule has 96 valence electrons. The summed E-state index contributed by atoms with van der Waals surface area (Å²) < 4.78 is 13.5. The Morgan fingerprint density at radius 2 is 2.11 bits per heavy atom. The lowest BCUT2D eigenvalue weighted by Crippen LogP contribution is -2.03. The number of benzene rings is 1. The van der Waals surface area contributed by atoms with Gasteiger partial charge in [-0.15, -0.1) is 0 Å². The molecule has 5 heteroatoms. The molecule has 0 bridgehead atoms. The summed E-state index contributed by atoms with van der Waals surface area (Å²) in [6.07, 6.45) is 1.49. The summed E-state index contributed by atoms with van der Waals surface area (Å²) in [4.78, 5) is 11.5. The molecule has 0 aliphatic heterocycles. The zero-order valence-corrected chi connectivity index (χ0v) is 10.4. The van der Waals surface area contributed by atoms with Crippen LogP contribution in [0.1, 0.15) is 11.3 Å². The van der Waals surface area contributed by atoms with E-state index in [4.69, 9.17) is 0 Å². The SMILES string of the molecule is Cc1cc2c(NCc3ccccc3F)ncnc2[nH]1. The quantitative estimate of drug-likeness (QED) is 0.757. The van der Waals surface area contributed by atoms with Crippen LogP contribution in [0.2, 0.25) is 0 Å². The molecule has 1 aromatic carbocycles. The highest BCUT2D eigenvalue weighted by atomic mass is 19.1. The van der Waals surface area contributed by atoms with Gasteiger partial charge in [0, 0.05) is 17.8 Å². The van der Waals surface area contributed by atoms with Crippen molar-refractivity contribution in [3.63, 3.8) is 0 Å². The lowest BCUT2D eigenvalue weighted by atomic mass is 10.2. The normalized spacial score (nSPS) is 10.8. The first-order chi connectivity index (χ1) is 9.24. The van der Waals surface area contributed by atoms with Gasteiger partial charge in [0.25, 0.3) is 0 Å². The summed E-state index contributed by atoms with van der Waals surface area (Å²) in [7, 11) is 0. The van der Waals surface area contributed by atoms with Crippen molar-refractivity contribution < 1.29 is 4.39 Å². The third kappa shape index (κ3) is 2.27. The maximum absolute atomic E-state index is 13.5. The smallest absolute Gasteiger partial charge is 0.143 e. The van der Waals surface area contributed by atoms with Crippen LogP contribution in [0.3, 0.4) is 0 Å². The van der Waals surface area contributed by atoms with E-state index in [0.717, 1.165) is 16.7 Å². The van der Waals surface area contributed by atoms with Gasteiger partial charge in [0.1, 0.15) is 23.6 Å². The number of fused-ring (bicyclic) bond motifs is 1. The fourth-order valence-corrected chi connectivity index (χ4v) is 2.03. The fourth-order valence-electron chi connectivity index (χ4n) is 2.03. The van der Waals surface area contributed by atoms with E-state index in [9.17, 15) is 4.39 Å². The molecule has 19 heavy (non-hydrogen) atoms. The summed E-state index contributed by atoms with van der Waals surface area (Å²) in [6, 6.07) is 8.67. The Hall–Kier alpha value is -2.43. The van der Waals surface area contributed by atoms with E-state index >= 15 is 0 Å². The molecular formula is C14H13FN4. The number of aromatic nitrogens is 3. The van der Waals surface area contributed by atoms with Gasteiger partial charge in [-0.3, -0.25) is 0 Å². The van der Waals surface area contributed by atoms with Crippen molar-refractivity contribution >= 4 is 16.9 Å². The molecular weight excluding hydrogens is 243 g/mol. The van der Waals surface area contributed by atoms with Crippen LogP contribution < -0.4 is 5.32 Å². The number of hydrogen-bond donors (Lipinski definition) is 2. The number of nitrogens with one attached hydrogen (secondary N) is 2. The topological polar surface area (TPSA) is 53.6 Å². The highest BCUT2D eigenvalue weighted by molar-refractivity contribution is 5.87. The summed E-state index contributed by atoms with van der Waals surface area (Å²) in [6.45, 7) is 2.35. The lowest BCUT2D eigenvalue weighted by molar-refractivity contribution is 0.613. The maximum Gasteiger partial charge on any atom is 0.143 e. The largest absolute Gasteiger partial charge is 0.365 e. The Kier molecular flexibility index (Phi) is 2.87. The number of nitrogens with zero attached hydrogens (tertiary/aromatic N) is 2. The Bertz CT molecular complexity index is 720. The lowest BCUT2D eigenvalue weighted by Gasteiger charge is -2.07. The van der Waals surface area contributed by atoms with Gasteiger partial charge in [0.15, 0.2) is 0 Å². The van der Waals surface area contributed by atoms with Gasteiger partial charge in [0.05, 0.1) is 5.39 Å². The van der Waals surface area contributed by atoms with Crippen molar-refractivity contribution in [2.75, 3.05) is 5.32 Å². The third-order valence-corrected chi connectivity index (χ3v) is 2.96. The van der Waals surface area contributed by atoms with Crippen molar-refractivity contribution in [2.45, 2.75) is 13.5 Å². The Morgan fingerprint density at radius 3 is 2.95 bits per heavy atom. The average Bonchev–Trinajstić information content (AvgIpc) is 2.78. The van der Waals surface area contributed by atoms with Gasteiger partial charge in [-0.2, -0.15) is 0 Å². The number of anilines is 1. The second-order valence-electron chi connectivity index (χ2n) is 4.38. The molecule has 0 saturated carbocycles. The molecule has 0 spiro atoms. The zero-order valence-electron chi connectivity index (χ0n) is 10.4. The minimum atomic E-state index is -0.217. The Morgan fingerprint density at radius 1 is 1.26 bits per heavy atom. The summed E-state index contributed by atoms with van der Waals surface area (Å²) in [5.74, 6) is 0.489. The minimum absolute atomic E-state index is 0.217. The Labute approximate surface area is 109 Å². The fraction of sp³-hybridized carbons (Fsp3) is 0.143. The molecule has 0 atom stereocenters. The Balaban J connectivity index is 1.88. The van der Waals surface area contributed by atoms with Crippen LogP contribution in [0.15, 0.2) is 36.7 Å². The van der Waals surface area contributed by atoms with E-state index in [1.165, 1.54) is 12.4 Å². The number of aryl methyl sites for hydroxylation is 1. The van der Waals surface area contributed by atoms with Crippen molar-refractivity contribution in [3.05, 3.63) is 53.7 Å². The molecule has 0 fully saturated rings. The van der Waals surface area contributed by atoms with Gasteiger partial charge >= 0.3 is 0 Å². The van der Waals surface area contributed by atoms with E-state index in [2.05, 4.69) is 20.3 Å². The standard InChI is InChI=1S/C14H13FN4/c1-9-6-11-13(17-8-18-14(11)19-9)16-7-10-4-2-3-5-12(10)15/h2-6,8H,7H2,1H3,(H2,16,17,18,19). The van der Waals surface area contributed by atoms with Gasteiger partial charge in [-0.1, -0.05) is 18.2 Å². The average molecular weight is 256 g/mol. The molecule has 0 aliphatic carbocycles. The number of aromatic amines is 1. The van der Waals surface area contributed by atoms with Gasteiger partial charge in [-0.25, -0.2) is 14.4 Å². The molecule has 0 amide bonds. The van der Waals surface area contributed by atoms with Crippen molar-refractivity contribution in [1.29, 1.82) is 0 Å². The van der Waals surface area contributed by atoms with Crippen LogP contribution in [-0.4, -0.2) is 15.0 Å². The van der Waals surface area contributed by atoms with Crippen LogP contribution >= 0.6 is 0 Å². The van der Waals surface area contributed by atoms with Gasteiger partial charge < -0.3 is 10.3 Å². The molecule has 2 aromatic heterocycles. The second-order valence-corrected chi connectivity index (χ2v) is 4.38.